The third-order valence-corrected chi connectivity index (χ3v) is 4.70. The highest BCUT2D eigenvalue weighted by molar-refractivity contribution is 4.88. The number of rotatable bonds is 5. The van der Waals surface area contributed by atoms with Crippen LogP contribution in [-0.4, -0.2) is 62.6 Å². The molecule has 0 radical (unpaired) electrons. The summed E-state index contributed by atoms with van der Waals surface area (Å²) in [4.78, 5) is 2.51. The molecule has 2 rings (SSSR count). The van der Waals surface area contributed by atoms with E-state index in [1.54, 1.807) is 0 Å². The molecule has 0 amide bonds. The van der Waals surface area contributed by atoms with Crippen LogP contribution in [0.15, 0.2) is 0 Å². The van der Waals surface area contributed by atoms with Gasteiger partial charge < -0.3 is 15.2 Å². The third kappa shape index (κ3) is 4.42. The summed E-state index contributed by atoms with van der Waals surface area (Å²) in [6.45, 7) is 5.10. The van der Waals surface area contributed by atoms with Crippen LogP contribution in [0.25, 0.3) is 0 Å². The van der Waals surface area contributed by atoms with Crippen LogP contribution in [-0.2, 0) is 4.74 Å². The maximum atomic E-state index is 9.26. The van der Waals surface area contributed by atoms with E-state index in [0.29, 0.717) is 5.41 Å². The van der Waals surface area contributed by atoms with E-state index in [2.05, 4.69) is 17.3 Å². The standard InChI is InChI=1S/C15H30N2O2/c1-16-12-15(6-4-2-3-5-7-15)13-17-8-9-19-14(10-17)11-18/h14,16,18H,2-13H2,1H3. The molecule has 2 aliphatic rings. The molecule has 0 bridgehead atoms. The van der Waals surface area contributed by atoms with Gasteiger partial charge in [-0.05, 0) is 25.3 Å². The maximum absolute atomic E-state index is 9.26. The van der Waals surface area contributed by atoms with Crippen LogP contribution < -0.4 is 5.32 Å². The zero-order valence-electron chi connectivity index (χ0n) is 12.4. The highest BCUT2D eigenvalue weighted by Gasteiger charge is 2.33. The monoisotopic (exact) mass is 270 g/mol. The Morgan fingerprint density at radius 2 is 2.00 bits per heavy atom. The Balaban J connectivity index is 1.94. The van der Waals surface area contributed by atoms with Gasteiger partial charge in [-0.3, -0.25) is 4.90 Å². The zero-order valence-corrected chi connectivity index (χ0v) is 12.4. The number of morpholine rings is 1. The van der Waals surface area contributed by atoms with Gasteiger partial charge in [0.25, 0.3) is 0 Å². The lowest BCUT2D eigenvalue weighted by atomic mass is 9.79. The lowest BCUT2D eigenvalue weighted by Crippen LogP contribution is -2.50. The molecule has 4 nitrogen and oxygen atoms in total. The molecule has 0 aromatic rings. The van der Waals surface area contributed by atoms with Gasteiger partial charge >= 0.3 is 0 Å². The molecule has 1 aliphatic heterocycles. The van der Waals surface area contributed by atoms with Gasteiger partial charge in [0.2, 0.25) is 0 Å². The fourth-order valence-electron chi connectivity index (χ4n) is 3.75. The summed E-state index contributed by atoms with van der Waals surface area (Å²) in [5, 5.41) is 12.7. The van der Waals surface area contributed by atoms with E-state index in [9.17, 15) is 5.11 Å². The molecule has 1 saturated carbocycles. The Morgan fingerprint density at radius 1 is 1.26 bits per heavy atom. The van der Waals surface area contributed by atoms with E-state index in [0.717, 1.165) is 32.8 Å². The average Bonchev–Trinajstić information content (AvgIpc) is 2.65. The van der Waals surface area contributed by atoms with E-state index < -0.39 is 0 Å². The number of nitrogens with zero attached hydrogens (tertiary/aromatic N) is 1. The number of aliphatic hydroxyl groups excluding tert-OH is 1. The predicted octanol–water partition coefficient (Wildman–Crippen LogP) is 1.24. The van der Waals surface area contributed by atoms with E-state index in [4.69, 9.17) is 4.74 Å². The quantitative estimate of drug-likeness (QED) is 0.738. The normalized spacial score (nSPS) is 29.1. The van der Waals surface area contributed by atoms with Gasteiger partial charge in [0.15, 0.2) is 0 Å². The molecule has 4 heteroatoms. The van der Waals surface area contributed by atoms with E-state index in [1.807, 2.05) is 0 Å². The van der Waals surface area contributed by atoms with Crippen molar-refractivity contribution < 1.29 is 9.84 Å². The van der Waals surface area contributed by atoms with Crippen LogP contribution in [0, 0.1) is 5.41 Å². The first-order valence-electron chi connectivity index (χ1n) is 7.87. The molecular weight excluding hydrogens is 240 g/mol. The van der Waals surface area contributed by atoms with Crippen molar-refractivity contribution in [3.63, 3.8) is 0 Å². The molecule has 2 N–H and O–H groups in total. The number of nitrogens with one attached hydrogen (secondary N) is 1. The second-order valence-corrected chi connectivity index (χ2v) is 6.36. The molecule has 0 aromatic carbocycles. The number of hydrogen-bond acceptors (Lipinski definition) is 4. The minimum absolute atomic E-state index is 0.0196. The van der Waals surface area contributed by atoms with Crippen molar-refractivity contribution in [3.8, 4) is 0 Å². The molecule has 0 spiro atoms. The molecule has 2 fully saturated rings. The van der Waals surface area contributed by atoms with Crippen LogP contribution in [0.3, 0.4) is 0 Å². The molecule has 1 aliphatic carbocycles. The Labute approximate surface area is 117 Å². The summed E-state index contributed by atoms with van der Waals surface area (Å²) >= 11 is 0. The topological polar surface area (TPSA) is 44.7 Å². The smallest absolute Gasteiger partial charge is 0.0932 e. The van der Waals surface area contributed by atoms with Crippen molar-refractivity contribution in [1.82, 2.24) is 10.2 Å². The summed E-state index contributed by atoms with van der Waals surface area (Å²) in [6.07, 6.45) is 8.24. The highest BCUT2D eigenvalue weighted by atomic mass is 16.5. The number of hydrogen-bond donors (Lipinski definition) is 2. The molecular formula is C15H30N2O2. The molecule has 1 saturated heterocycles. The van der Waals surface area contributed by atoms with Gasteiger partial charge in [0, 0.05) is 26.2 Å². The second kappa shape index (κ2) is 7.58. The second-order valence-electron chi connectivity index (χ2n) is 6.36. The van der Waals surface area contributed by atoms with Gasteiger partial charge in [-0.25, -0.2) is 0 Å². The number of ether oxygens (including phenoxy) is 1. The predicted molar refractivity (Wildman–Crippen MR) is 77.3 cm³/mol. The fraction of sp³-hybridized carbons (Fsp3) is 1.00. The summed E-state index contributed by atoms with van der Waals surface area (Å²) < 4.78 is 5.56. The first-order valence-corrected chi connectivity index (χ1v) is 7.87. The molecule has 1 atom stereocenters. The molecule has 19 heavy (non-hydrogen) atoms. The van der Waals surface area contributed by atoms with Crippen molar-refractivity contribution in [3.05, 3.63) is 0 Å². The minimum Gasteiger partial charge on any atom is -0.394 e. The van der Waals surface area contributed by atoms with Crippen molar-refractivity contribution in [1.29, 1.82) is 0 Å². The van der Waals surface area contributed by atoms with Crippen LogP contribution in [0.2, 0.25) is 0 Å². The van der Waals surface area contributed by atoms with Gasteiger partial charge in [0.1, 0.15) is 0 Å². The van der Waals surface area contributed by atoms with Crippen molar-refractivity contribution in [2.75, 3.05) is 46.4 Å². The Morgan fingerprint density at radius 3 is 2.63 bits per heavy atom. The van der Waals surface area contributed by atoms with E-state index in [1.165, 1.54) is 38.5 Å². The Kier molecular flexibility index (Phi) is 6.07. The van der Waals surface area contributed by atoms with Crippen LogP contribution >= 0.6 is 0 Å². The van der Waals surface area contributed by atoms with E-state index in [-0.39, 0.29) is 12.7 Å². The van der Waals surface area contributed by atoms with Crippen molar-refractivity contribution >= 4 is 0 Å². The maximum Gasteiger partial charge on any atom is 0.0932 e. The summed E-state index contributed by atoms with van der Waals surface area (Å²) in [7, 11) is 2.07. The van der Waals surface area contributed by atoms with Gasteiger partial charge in [-0.15, -0.1) is 0 Å². The van der Waals surface area contributed by atoms with Crippen LogP contribution in [0.4, 0.5) is 0 Å². The SMILES string of the molecule is CNCC1(CN2CCOC(CO)C2)CCCCCC1. The summed E-state index contributed by atoms with van der Waals surface area (Å²) in [5.74, 6) is 0. The Bertz CT molecular complexity index is 253. The number of aliphatic hydroxyl groups is 1. The Hall–Kier alpha value is -0.160. The highest BCUT2D eigenvalue weighted by Crippen LogP contribution is 2.35. The van der Waals surface area contributed by atoms with E-state index >= 15 is 0 Å². The largest absolute Gasteiger partial charge is 0.394 e. The molecule has 1 unspecified atom stereocenters. The average molecular weight is 270 g/mol. The molecule has 0 aromatic heterocycles. The summed E-state index contributed by atoms with van der Waals surface area (Å²) in [6, 6.07) is 0. The molecule has 112 valence electrons. The van der Waals surface area contributed by atoms with Gasteiger partial charge in [-0.2, -0.15) is 0 Å². The van der Waals surface area contributed by atoms with Crippen LogP contribution in [0.1, 0.15) is 38.5 Å². The lowest BCUT2D eigenvalue weighted by Gasteiger charge is -2.41. The van der Waals surface area contributed by atoms with Gasteiger partial charge in [0.05, 0.1) is 19.3 Å². The minimum atomic E-state index is 0.0196. The first kappa shape index (κ1) is 15.2. The fourth-order valence-corrected chi connectivity index (χ4v) is 3.75. The van der Waals surface area contributed by atoms with Gasteiger partial charge in [-0.1, -0.05) is 25.7 Å². The van der Waals surface area contributed by atoms with Crippen LogP contribution in [0.5, 0.6) is 0 Å². The zero-order chi connectivity index (χ0) is 13.6. The van der Waals surface area contributed by atoms with Crippen molar-refractivity contribution in [2.24, 2.45) is 5.41 Å². The lowest BCUT2D eigenvalue weighted by molar-refractivity contribution is -0.0637. The molecule has 1 heterocycles. The summed E-state index contributed by atoms with van der Waals surface area (Å²) in [5.41, 5.74) is 0.433. The third-order valence-electron chi connectivity index (χ3n) is 4.70. The van der Waals surface area contributed by atoms with Crippen molar-refractivity contribution in [2.45, 2.75) is 44.6 Å². The first-order chi connectivity index (χ1) is 9.28.